The first-order chi connectivity index (χ1) is 13.1. The van der Waals surface area contributed by atoms with Crippen molar-refractivity contribution in [3.8, 4) is 0 Å². The van der Waals surface area contributed by atoms with Crippen molar-refractivity contribution in [1.29, 1.82) is 0 Å². The van der Waals surface area contributed by atoms with Crippen molar-refractivity contribution in [2.45, 2.75) is 54.9 Å². The van der Waals surface area contributed by atoms with Gasteiger partial charge in [-0.05, 0) is 74.3 Å². The van der Waals surface area contributed by atoms with Crippen LogP contribution in [-0.4, -0.2) is 5.78 Å². The summed E-state index contributed by atoms with van der Waals surface area (Å²) in [4.78, 5) is 12.5. The van der Waals surface area contributed by atoms with Crippen LogP contribution in [0.5, 0.6) is 0 Å². The maximum absolute atomic E-state index is 12.5. The average Bonchev–Trinajstić information content (AvgIpc) is 2.89. The van der Waals surface area contributed by atoms with Crippen LogP contribution in [-0.2, 0) is 4.79 Å². The van der Waals surface area contributed by atoms with E-state index in [0.717, 1.165) is 6.42 Å². The van der Waals surface area contributed by atoms with Crippen LogP contribution in [0.4, 0.5) is 0 Å². The Bertz CT molecular complexity index is 899. The van der Waals surface area contributed by atoms with Gasteiger partial charge in [0.1, 0.15) is 5.78 Å². The highest BCUT2D eigenvalue weighted by Crippen LogP contribution is 2.54. The molecule has 28 heavy (non-hydrogen) atoms. The van der Waals surface area contributed by atoms with Gasteiger partial charge in [-0.3, -0.25) is 4.79 Å². The van der Waals surface area contributed by atoms with Gasteiger partial charge < -0.3 is 0 Å². The molecule has 1 saturated carbocycles. The number of rotatable bonds is 3. The number of aryl methyl sites for hydroxylation is 2. The van der Waals surface area contributed by atoms with Gasteiger partial charge in [-0.25, -0.2) is 0 Å². The Balaban J connectivity index is 2.35. The number of carbonyl (C=O) groups excluding carboxylic acids is 1. The van der Waals surface area contributed by atoms with Gasteiger partial charge in [0.25, 0.3) is 0 Å². The predicted octanol–water partition coefficient (Wildman–Crippen LogP) is 7.08. The first kappa shape index (κ1) is 20.3. The van der Waals surface area contributed by atoms with Gasteiger partial charge in [-0.15, -0.1) is 0 Å². The summed E-state index contributed by atoms with van der Waals surface area (Å²) in [5.41, 5.74) is 10.1. The molecule has 1 unspecified atom stereocenters. The second-order valence-corrected chi connectivity index (χ2v) is 9.05. The molecular formula is C27H32O. The minimum atomic E-state index is -0.152. The van der Waals surface area contributed by atoms with E-state index in [0.29, 0.717) is 0 Å². The van der Waals surface area contributed by atoms with Crippen LogP contribution in [0, 0.1) is 25.2 Å². The zero-order chi connectivity index (χ0) is 20.6. The molecule has 1 aliphatic carbocycles. The third-order valence-corrected chi connectivity index (χ3v) is 6.20. The topological polar surface area (TPSA) is 17.1 Å². The molecule has 2 aromatic rings. The lowest BCUT2D eigenvalue weighted by Crippen LogP contribution is -2.25. The van der Waals surface area contributed by atoms with Gasteiger partial charge in [0, 0.05) is 5.92 Å². The van der Waals surface area contributed by atoms with E-state index in [2.05, 4.69) is 90.1 Å². The lowest BCUT2D eigenvalue weighted by atomic mass is 9.75. The molecule has 0 heterocycles. The molecule has 0 radical (unpaired) electrons. The van der Waals surface area contributed by atoms with Gasteiger partial charge in [0.15, 0.2) is 0 Å². The molecule has 1 heteroatoms. The molecule has 1 fully saturated rings. The number of ketones is 1. The van der Waals surface area contributed by atoms with Crippen molar-refractivity contribution in [2.75, 3.05) is 0 Å². The van der Waals surface area contributed by atoms with E-state index in [1.807, 2.05) is 0 Å². The molecule has 0 N–H and O–H groups in total. The van der Waals surface area contributed by atoms with E-state index in [9.17, 15) is 4.79 Å². The SMILES string of the molecule is CC(=O)C1CC(=C(c2ccc(C)cc2)c2ccc(C)cc2)C(=C(C)C)C1(C)C. The van der Waals surface area contributed by atoms with Crippen molar-refractivity contribution >= 4 is 11.4 Å². The molecule has 0 spiro atoms. The third-order valence-electron chi connectivity index (χ3n) is 6.20. The monoisotopic (exact) mass is 372 g/mol. The Morgan fingerprint density at radius 1 is 0.821 bits per heavy atom. The van der Waals surface area contributed by atoms with Gasteiger partial charge in [-0.2, -0.15) is 0 Å². The van der Waals surface area contributed by atoms with E-state index < -0.39 is 0 Å². The number of carbonyl (C=O) groups is 1. The first-order valence-corrected chi connectivity index (χ1v) is 10.2. The van der Waals surface area contributed by atoms with Crippen LogP contribution < -0.4 is 0 Å². The van der Waals surface area contributed by atoms with Gasteiger partial charge in [-0.1, -0.05) is 79.1 Å². The standard InChI is InChI=1S/C27H32O/c1-17(2)26-23(16-24(20(5)28)27(26,6)7)25(21-12-8-18(3)9-13-21)22-14-10-19(4)11-15-22/h8-15,24H,16H2,1-7H3. The lowest BCUT2D eigenvalue weighted by molar-refractivity contribution is -0.122. The van der Waals surface area contributed by atoms with Crippen molar-refractivity contribution in [3.63, 3.8) is 0 Å². The highest BCUT2D eigenvalue weighted by molar-refractivity contribution is 5.89. The molecule has 0 aliphatic heterocycles. The summed E-state index contributed by atoms with van der Waals surface area (Å²) in [6.07, 6.45) is 0.805. The number of Topliss-reactive ketones (excluding diaryl/α,β-unsaturated/α-hetero) is 1. The number of allylic oxidation sites excluding steroid dienone is 3. The smallest absolute Gasteiger partial charge is 0.134 e. The van der Waals surface area contributed by atoms with Crippen molar-refractivity contribution in [3.05, 3.63) is 87.5 Å². The fraction of sp³-hybridized carbons (Fsp3) is 0.370. The lowest BCUT2D eigenvalue weighted by Gasteiger charge is -2.28. The summed E-state index contributed by atoms with van der Waals surface area (Å²) in [6, 6.07) is 17.6. The largest absolute Gasteiger partial charge is 0.300 e. The Morgan fingerprint density at radius 2 is 1.25 bits per heavy atom. The highest BCUT2D eigenvalue weighted by atomic mass is 16.1. The second-order valence-electron chi connectivity index (χ2n) is 9.05. The molecule has 1 aliphatic rings. The number of benzene rings is 2. The van der Waals surface area contributed by atoms with E-state index in [4.69, 9.17) is 0 Å². The summed E-state index contributed by atoms with van der Waals surface area (Å²) in [7, 11) is 0. The van der Waals surface area contributed by atoms with Gasteiger partial charge >= 0.3 is 0 Å². The Hall–Kier alpha value is -2.41. The minimum absolute atomic E-state index is 0.0262. The average molecular weight is 373 g/mol. The Morgan fingerprint density at radius 3 is 1.61 bits per heavy atom. The quantitative estimate of drug-likeness (QED) is 0.563. The molecule has 1 atom stereocenters. The third kappa shape index (κ3) is 3.63. The molecular weight excluding hydrogens is 340 g/mol. The molecule has 0 aromatic heterocycles. The second kappa shape index (κ2) is 7.54. The molecule has 2 aromatic carbocycles. The fourth-order valence-corrected chi connectivity index (χ4v) is 4.91. The van der Waals surface area contributed by atoms with Crippen LogP contribution in [0.25, 0.3) is 5.57 Å². The maximum Gasteiger partial charge on any atom is 0.134 e. The predicted molar refractivity (Wildman–Crippen MR) is 119 cm³/mol. The summed E-state index contributed by atoms with van der Waals surface area (Å²) in [5.74, 6) is 0.309. The van der Waals surface area contributed by atoms with Gasteiger partial charge in [0.2, 0.25) is 0 Å². The molecule has 0 amide bonds. The molecule has 1 nitrogen and oxygen atoms in total. The summed E-state index contributed by atoms with van der Waals surface area (Å²) < 4.78 is 0. The summed E-state index contributed by atoms with van der Waals surface area (Å²) in [5, 5.41) is 0. The van der Waals surface area contributed by atoms with Crippen molar-refractivity contribution in [1.82, 2.24) is 0 Å². The first-order valence-electron chi connectivity index (χ1n) is 10.2. The van der Waals surface area contributed by atoms with Crippen molar-refractivity contribution < 1.29 is 4.79 Å². The molecule has 3 rings (SSSR count). The van der Waals surface area contributed by atoms with E-state index in [-0.39, 0.29) is 17.1 Å². The van der Waals surface area contributed by atoms with Crippen molar-refractivity contribution in [2.24, 2.45) is 11.3 Å². The number of hydrogen-bond acceptors (Lipinski definition) is 1. The highest BCUT2D eigenvalue weighted by Gasteiger charge is 2.45. The van der Waals surface area contributed by atoms with E-state index in [1.165, 1.54) is 44.5 Å². The number of hydrogen-bond donors (Lipinski definition) is 0. The summed E-state index contributed by atoms with van der Waals surface area (Å²) >= 11 is 0. The van der Waals surface area contributed by atoms with E-state index >= 15 is 0 Å². The minimum Gasteiger partial charge on any atom is -0.300 e. The Labute approximate surface area is 170 Å². The van der Waals surface area contributed by atoms with E-state index in [1.54, 1.807) is 6.92 Å². The summed E-state index contributed by atoms with van der Waals surface area (Å²) in [6.45, 7) is 14.8. The van der Waals surface area contributed by atoms with Crippen LogP contribution >= 0.6 is 0 Å². The molecule has 0 bridgehead atoms. The zero-order valence-corrected chi connectivity index (χ0v) is 18.3. The Kier molecular flexibility index (Phi) is 5.48. The van der Waals surface area contributed by atoms with Crippen LogP contribution in [0.15, 0.2) is 65.3 Å². The zero-order valence-electron chi connectivity index (χ0n) is 18.3. The maximum atomic E-state index is 12.5. The normalized spacial score (nSPS) is 18.3. The fourth-order valence-electron chi connectivity index (χ4n) is 4.91. The van der Waals surface area contributed by atoms with Gasteiger partial charge in [0.05, 0.1) is 0 Å². The van der Waals surface area contributed by atoms with Crippen LogP contribution in [0.3, 0.4) is 0 Å². The van der Waals surface area contributed by atoms with Crippen LogP contribution in [0.1, 0.15) is 63.3 Å². The molecule has 0 saturated heterocycles. The molecule has 146 valence electrons. The van der Waals surface area contributed by atoms with Crippen LogP contribution in [0.2, 0.25) is 0 Å².